The van der Waals surface area contributed by atoms with E-state index in [0.29, 0.717) is 24.6 Å². The van der Waals surface area contributed by atoms with Gasteiger partial charge < -0.3 is 9.26 Å². The molecule has 0 amide bonds. The van der Waals surface area contributed by atoms with Gasteiger partial charge in [0.25, 0.3) is 5.89 Å². The van der Waals surface area contributed by atoms with Crippen molar-refractivity contribution < 1.29 is 26.5 Å². The van der Waals surface area contributed by atoms with Crippen molar-refractivity contribution in [3.05, 3.63) is 47.4 Å². The van der Waals surface area contributed by atoms with Crippen molar-refractivity contribution in [1.29, 1.82) is 0 Å². The van der Waals surface area contributed by atoms with E-state index in [0.717, 1.165) is 17.1 Å². The number of nitrogens with zero attached hydrogens (tertiary/aromatic N) is 3. The van der Waals surface area contributed by atoms with Crippen LogP contribution in [0, 0.1) is 5.82 Å². The van der Waals surface area contributed by atoms with Crippen LogP contribution in [-0.4, -0.2) is 49.2 Å². The maximum Gasteiger partial charge on any atom is 0.265 e. The van der Waals surface area contributed by atoms with Crippen molar-refractivity contribution in [2.24, 2.45) is 0 Å². The Morgan fingerprint density at radius 2 is 1.93 bits per heavy atom. The van der Waals surface area contributed by atoms with E-state index < -0.39 is 21.5 Å². The second-order valence-corrected chi connectivity index (χ2v) is 9.24. The van der Waals surface area contributed by atoms with Crippen molar-refractivity contribution in [1.82, 2.24) is 14.4 Å². The lowest BCUT2D eigenvalue weighted by molar-refractivity contribution is 0.0830. The fourth-order valence-electron chi connectivity index (χ4n) is 3.57. The number of halogens is 2. The van der Waals surface area contributed by atoms with Crippen molar-refractivity contribution in [2.75, 3.05) is 26.3 Å². The summed E-state index contributed by atoms with van der Waals surface area (Å²) in [5.41, 5.74) is -1.57. The molecule has 0 spiro atoms. The van der Waals surface area contributed by atoms with Gasteiger partial charge in [-0.15, -0.1) is 0 Å². The largest absolute Gasteiger partial charge is 0.381 e. The van der Waals surface area contributed by atoms with Crippen molar-refractivity contribution >= 4 is 10.0 Å². The first-order valence-corrected chi connectivity index (χ1v) is 10.8. The second-order valence-electron chi connectivity index (χ2n) is 7.28. The number of hydrogen-bond acceptors (Lipinski definition) is 6. The van der Waals surface area contributed by atoms with E-state index in [1.165, 1.54) is 24.3 Å². The van der Waals surface area contributed by atoms with Crippen LogP contribution >= 0.6 is 0 Å². The molecular weight excluding hydrogens is 392 g/mol. The van der Waals surface area contributed by atoms with Gasteiger partial charge in [-0.3, -0.25) is 0 Å². The number of rotatable bonds is 5. The van der Waals surface area contributed by atoms with E-state index in [-0.39, 0.29) is 37.1 Å². The highest BCUT2D eigenvalue weighted by Gasteiger charge is 2.48. The Bertz CT molecular complexity index is 929. The number of benzene rings is 1. The summed E-state index contributed by atoms with van der Waals surface area (Å²) >= 11 is 0. The van der Waals surface area contributed by atoms with Crippen molar-refractivity contribution in [2.45, 2.75) is 36.6 Å². The fourth-order valence-corrected chi connectivity index (χ4v) is 5.14. The Balaban J connectivity index is 1.46. The Labute approximate surface area is 161 Å². The molecule has 1 unspecified atom stereocenters. The number of alkyl halides is 1. The smallest absolute Gasteiger partial charge is 0.265 e. The minimum atomic E-state index is -3.75. The molecule has 7 nitrogen and oxygen atoms in total. The van der Waals surface area contributed by atoms with Gasteiger partial charge in [0.15, 0.2) is 5.82 Å². The SMILES string of the molecule is O=S(=O)(Cc1ccc(F)cc1)N1CCC(F)(c2nc(C3CCOCC3)no2)C1. The summed E-state index contributed by atoms with van der Waals surface area (Å²) < 4.78 is 65.3. The maximum absolute atomic E-state index is 15.4. The molecule has 4 rings (SSSR count). The van der Waals surface area contributed by atoms with Crippen LogP contribution in [0.2, 0.25) is 0 Å². The first kappa shape index (κ1) is 19.4. The number of aromatic nitrogens is 2. The summed E-state index contributed by atoms with van der Waals surface area (Å²) in [5.74, 6) is -0.423. The lowest BCUT2D eigenvalue weighted by atomic mass is 9.99. The number of ether oxygens (including phenoxy) is 1. The van der Waals surface area contributed by atoms with Gasteiger partial charge in [0, 0.05) is 32.1 Å². The predicted molar refractivity (Wildman–Crippen MR) is 95.1 cm³/mol. The summed E-state index contributed by atoms with van der Waals surface area (Å²) in [7, 11) is -3.75. The topological polar surface area (TPSA) is 85.5 Å². The van der Waals surface area contributed by atoms with Crippen LogP contribution in [0.5, 0.6) is 0 Å². The van der Waals surface area contributed by atoms with Crippen molar-refractivity contribution in [3.63, 3.8) is 0 Å². The van der Waals surface area contributed by atoms with Gasteiger partial charge in [-0.1, -0.05) is 17.3 Å². The van der Waals surface area contributed by atoms with Gasteiger partial charge in [0.2, 0.25) is 15.7 Å². The Morgan fingerprint density at radius 3 is 2.64 bits per heavy atom. The molecule has 0 bridgehead atoms. The van der Waals surface area contributed by atoms with Crippen LogP contribution in [0.25, 0.3) is 0 Å². The Hall–Kier alpha value is -1.91. The molecule has 1 aromatic carbocycles. The third-order valence-corrected chi connectivity index (χ3v) is 7.05. The summed E-state index contributed by atoms with van der Waals surface area (Å²) in [5, 5.41) is 3.91. The van der Waals surface area contributed by atoms with Crippen LogP contribution in [0.1, 0.15) is 42.5 Å². The Morgan fingerprint density at radius 1 is 1.21 bits per heavy atom. The highest BCUT2D eigenvalue weighted by atomic mass is 32.2. The molecule has 2 aromatic rings. The van der Waals surface area contributed by atoms with E-state index in [1.54, 1.807) is 0 Å². The molecule has 0 saturated carbocycles. The zero-order chi connectivity index (χ0) is 19.8. The lowest BCUT2D eigenvalue weighted by Gasteiger charge is -2.19. The van der Waals surface area contributed by atoms with Crippen LogP contribution < -0.4 is 0 Å². The van der Waals surface area contributed by atoms with E-state index in [9.17, 15) is 12.8 Å². The molecule has 0 aliphatic carbocycles. The van der Waals surface area contributed by atoms with Crippen molar-refractivity contribution in [3.8, 4) is 0 Å². The summed E-state index contributed by atoms with van der Waals surface area (Å²) in [6.45, 7) is 0.858. The quantitative estimate of drug-likeness (QED) is 0.749. The zero-order valence-electron chi connectivity index (χ0n) is 15.2. The number of hydrogen-bond donors (Lipinski definition) is 0. The third kappa shape index (κ3) is 3.94. The minimum Gasteiger partial charge on any atom is -0.381 e. The zero-order valence-corrected chi connectivity index (χ0v) is 16.0. The molecule has 2 aliphatic heterocycles. The van der Waals surface area contributed by atoms with Crippen LogP contribution in [0.15, 0.2) is 28.8 Å². The first-order valence-electron chi connectivity index (χ1n) is 9.19. The van der Waals surface area contributed by atoms with E-state index in [1.807, 2.05) is 0 Å². The van der Waals surface area contributed by atoms with Gasteiger partial charge in [-0.05, 0) is 30.5 Å². The summed E-state index contributed by atoms with van der Waals surface area (Å²) in [6, 6.07) is 5.21. The average Bonchev–Trinajstić information content (AvgIpc) is 3.33. The Kier molecular flexibility index (Phi) is 5.19. The molecule has 0 N–H and O–H groups in total. The van der Waals surface area contributed by atoms with Gasteiger partial charge in [-0.2, -0.15) is 9.29 Å². The molecule has 0 radical (unpaired) electrons. The van der Waals surface area contributed by atoms with Crippen LogP contribution in [0.4, 0.5) is 8.78 Å². The summed E-state index contributed by atoms with van der Waals surface area (Å²) in [4.78, 5) is 4.23. The monoisotopic (exact) mass is 413 g/mol. The first-order chi connectivity index (χ1) is 13.4. The van der Waals surface area contributed by atoms with E-state index >= 15 is 4.39 Å². The van der Waals surface area contributed by atoms with Crippen LogP contribution in [-0.2, 0) is 26.2 Å². The highest BCUT2D eigenvalue weighted by molar-refractivity contribution is 7.88. The van der Waals surface area contributed by atoms with Gasteiger partial charge in [0.1, 0.15) is 5.82 Å². The molecule has 3 heterocycles. The molecule has 2 aliphatic rings. The normalized spacial score (nSPS) is 24.6. The second kappa shape index (κ2) is 7.49. The fraction of sp³-hybridized carbons (Fsp3) is 0.556. The van der Waals surface area contributed by atoms with Gasteiger partial charge >= 0.3 is 0 Å². The number of sulfonamides is 1. The highest BCUT2D eigenvalue weighted by Crippen LogP contribution is 2.38. The summed E-state index contributed by atoms with van der Waals surface area (Å²) in [6.07, 6.45) is 1.44. The molecule has 2 fully saturated rings. The van der Waals surface area contributed by atoms with E-state index in [4.69, 9.17) is 9.26 Å². The standard InChI is InChI=1S/C18H21F2N3O4S/c19-15-3-1-13(2-4-15)11-28(24,25)23-8-7-18(20,12-23)17-21-16(22-27-17)14-5-9-26-10-6-14/h1-4,14H,5-12H2. The molecule has 1 aromatic heterocycles. The molecule has 1 atom stereocenters. The third-order valence-electron chi connectivity index (χ3n) is 5.25. The maximum atomic E-state index is 15.4. The molecule has 2 saturated heterocycles. The molecule has 10 heteroatoms. The average molecular weight is 413 g/mol. The minimum absolute atomic E-state index is 0.0228. The van der Waals surface area contributed by atoms with Crippen LogP contribution in [0.3, 0.4) is 0 Å². The lowest BCUT2D eigenvalue weighted by Crippen LogP contribution is -2.33. The van der Waals surface area contributed by atoms with Gasteiger partial charge in [-0.25, -0.2) is 17.2 Å². The molecule has 28 heavy (non-hydrogen) atoms. The van der Waals surface area contributed by atoms with E-state index in [2.05, 4.69) is 10.1 Å². The molecule has 152 valence electrons. The molecular formula is C18H21F2N3O4S. The predicted octanol–water partition coefficient (Wildman–Crippen LogP) is 2.50. The van der Waals surface area contributed by atoms with Gasteiger partial charge in [0.05, 0.1) is 12.3 Å².